The predicted molar refractivity (Wildman–Crippen MR) is 112 cm³/mol. The molecule has 4 rings (SSSR count). The minimum atomic E-state index is -3.77. The number of nitrogens with zero attached hydrogens (tertiary/aromatic N) is 2. The lowest BCUT2D eigenvalue weighted by atomic mass is 10.0. The van der Waals surface area contributed by atoms with E-state index in [4.69, 9.17) is 21.1 Å². The van der Waals surface area contributed by atoms with Crippen molar-refractivity contribution in [3.05, 3.63) is 59.4 Å². The van der Waals surface area contributed by atoms with Crippen LogP contribution in [0.2, 0.25) is 5.02 Å². The summed E-state index contributed by atoms with van der Waals surface area (Å²) in [5.41, 5.74) is -0.984. The van der Waals surface area contributed by atoms with Gasteiger partial charge in [0.15, 0.2) is 18.2 Å². The Morgan fingerprint density at radius 1 is 1.10 bits per heavy atom. The third-order valence-electron chi connectivity index (χ3n) is 5.61. The van der Waals surface area contributed by atoms with Crippen LogP contribution >= 0.6 is 11.6 Å². The number of carbonyl (C=O) groups excluding carboxylic acids is 1. The van der Waals surface area contributed by atoms with Gasteiger partial charge in [-0.15, -0.1) is 0 Å². The fourth-order valence-corrected chi connectivity index (χ4v) is 5.81. The summed E-state index contributed by atoms with van der Waals surface area (Å²) < 4.78 is 52.6. The van der Waals surface area contributed by atoms with Gasteiger partial charge < -0.3 is 14.4 Å². The van der Waals surface area contributed by atoms with Gasteiger partial charge in [0.05, 0.1) is 11.5 Å². The van der Waals surface area contributed by atoms with Gasteiger partial charge in [-0.2, -0.15) is 4.31 Å². The molecule has 0 atom stereocenters. The maximum absolute atomic E-state index is 13.7. The van der Waals surface area contributed by atoms with Crippen molar-refractivity contribution in [3.63, 3.8) is 0 Å². The molecule has 31 heavy (non-hydrogen) atoms. The summed E-state index contributed by atoms with van der Waals surface area (Å²) in [5.74, 6) is -0.804. The SMILES string of the molecule is O=C(COc1ccccc1F)N1CCC2(CC1)OCCN2S(=O)(=O)c1ccc(Cl)cc1. The first-order valence-corrected chi connectivity index (χ1v) is 11.7. The number of benzene rings is 2. The van der Waals surface area contributed by atoms with Gasteiger partial charge in [0.2, 0.25) is 10.0 Å². The van der Waals surface area contributed by atoms with E-state index in [9.17, 15) is 17.6 Å². The van der Waals surface area contributed by atoms with Crippen molar-refractivity contribution in [3.8, 4) is 5.75 Å². The average molecular weight is 469 g/mol. The zero-order valence-corrected chi connectivity index (χ0v) is 18.2. The lowest BCUT2D eigenvalue weighted by Crippen LogP contribution is -2.56. The van der Waals surface area contributed by atoms with E-state index in [-0.39, 0.29) is 36.3 Å². The number of hydrogen-bond donors (Lipinski definition) is 0. The quantitative estimate of drug-likeness (QED) is 0.674. The van der Waals surface area contributed by atoms with Gasteiger partial charge in [0.25, 0.3) is 5.91 Å². The number of likely N-dealkylation sites (tertiary alicyclic amines) is 1. The van der Waals surface area contributed by atoms with Crippen LogP contribution in [0.3, 0.4) is 0 Å². The Morgan fingerprint density at radius 3 is 2.45 bits per heavy atom. The average Bonchev–Trinajstić information content (AvgIpc) is 3.17. The van der Waals surface area contributed by atoms with E-state index in [1.165, 1.54) is 40.7 Å². The number of rotatable bonds is 5. The molecular formula is C21H22ClFN2O5S. The van der Waals surface area contributed by atoms with Crippen molar-refractivity contribution >= 4 is 27.5 Å². The maximum Gasteiger partial charge on any atom is 0.260 e. The molecule has 1 spiro atoms. The van der Waals surface area contributed by atoms with Crippen LogP contribution in [-0.4, -0.2) is 62.1 Å². The first-order valence-electron chi connectivity index (χ1n) is 9.89. The van der Waals surface area contributed by atoms with Crippen LogP contribution in [0.1, 0.15) is 12.8 Å². The van der Waals surface area contributed by atoms with E-state index in [2.05, 4.69) is 0 Å². The second-order valence-corrected chi connectivity index (χ2v) is 9.72. The molecule has 0 saturated carbocycles. The van der Waals surface area contributed by atoms with E-state index in [0.29, 0.717) is 31.0 Å². The maximum atomic E-state index is 13.7. The van der Waals surface area contributed by atoms with Gasteiger partial charge in [-0.1, -0.05) is 23.7 Å². The number of amides is 1. The Bertz CT molecular complexity index is 1060. The molecule has 0 N–H and O–H groups in total. The van der Waals surface area contributed by atoms with Crippen LogP contribution in [0, 0.1) is 5.82 Å². The fourth-order valence-electron chi connectivity index (χ4n) is 3.96. The van der Waals surface area contributed by atoms with Gasteiger partial charge in [-0.3, -0.25) is 4.79 Å². The Kier molecular flexibility index (Phi) is 6.20. The molecule has 2 aliphatic heterocycles. The minimum Gasteiger partial charge on any atom is -0.481 e. The van der Waals surface area contributed by atoms with Crippen LogP contribution in [-0.2, 0) is 19.6 Å². The van der Waals surface area contributed by atoms with E-state index < -0.39 is 21.6 Å². The van der Waals surface area contributed by atoms with Crippen molar-refractivity contribution < 1.29 is 27.1 Å². The Balaban J connectivity index is 1.41. The first-order chi connectivity index (χ1) is 14.8. The van der Waals surface area contributed by atoms with E-state index in [0.717, 1.165) is 0 Å². The third kappa shape index (κ3) is 4.41. The number of para-hydroxylation sites is 1. The lowest BCUT2D eigenvalue weighted by molar-refractivity contribution is -0.142. The summed E-state index contributed by atoms with van der Waals surface area (Å²) in [5, 5.41) is 0.454. The lowest BCUT2D eigenvalue weighted by Gasteiger charge is -2.42. The van der Waals surface area contributed by atoms with Crippen molar-refractivity contribution in [2.45, 2.75) is 23.5 Å². The Hall–Kier alpha value is -2.20. The molecule has 166 valence electrons. The molecule has 1 amide bonds. The largest absolute Gasteiger partial charge is 0.481 e. The smallest absolute Gasteiger partial charge is 0.260 e. The number of sulfonamides is 1. The van der Waals surface area contributed by atoms with Gasteiger partial charge in [-0.05, 0) is 36.4 Å². The third-order valence-corrected chi connectivity index (χ3v) is 7.82. The number of carbonyl (C=O) groups is 1. The van der Waals surface area contributed by atoms with Gasteiger partial charge in [0, 0.05) is 37.5 Å². The fraction of sp³-hybridized carbons (Fsp3) is 0.381. The standard InChI is InChI=1S/C21H22ClFN2O5S/c22-16-5-7-17(8-6-16)31(27,28)25-13-14-30-21(25)9-11-24(12-10-21)20(26)15-29-19-4-2-1-3-18(19)23/h1-8H,9-15H2. The second kappa shape index (κ2) is 8.74. The molecule has 2 aromatic carbocycles. The summed E-state index contributed by atoms with van der Waals surface area (Å²) in [7, 11) is -3.77. The molecule has 2 aliphatic rings. The van der Waals surface area contributed by atoms with Gasteiger partial charge in [-0.25, -0.2) is 12.8 Å². The van der Waals surface area contributed by atoms with E-state index in [1.54, 1.807) is 17.0 Å². The molecule has 2 saturated heterocycles. The summed E-state index contributed by atoms with van der Waals surface area (Å²) in [6.07, 6.45) is 0.677. The first kappa shape index (κ1) is 22.0. The summed E-state index contributed by atoms with van der Waals surface area (Å²) in [6.45, 7) is 0.867. The number of ether oxygens (including phenoxy) is 2. The van der Waals surface area contributed by atoms with Crippen molar-refractivity contribution in [2.24, 2.45) is 0 Å². The predicted octanol–water partition coefficient (Wildman–Crippen LogP) is 2.90. The second-order valence-electron chi connectivity index (χ2n) is 7.43. The van der Waals surface area contributed by atoms with Crippen LogP contribution in [0.4, 0.5) is 4.39 Å². The highest BCUT2D eigenvalue weighted by molar-refractivity contribution is 7.89. The zero-order chi connectivity index (χ0) is 22.1. The Morgan fingerprint density at radius 2 is 1.77 bits per heavy atom. The van der Waals surface area contributed by atoms with Crippen molar-refractivity contribution in [1.82, 2.24) is 9.21 Å². The van der Waals surface area contributed by atoms with Crippen LogP contribution < -0.4 is 4.74 Å². The molecule has 0 radical (unpaired) electrons. The summed E-state index contributed by atoms with van der Waals surface area (Å²) in [4.78, 5) is 14.2. The van der Waals surface area contributed by atoms with Crippen LogP contribution in [0.15, 0.2) is 53.4 Å². The Labute approximate surface area is 185 Å². The highest BCUT2D eigenvalue weighted by atomic mass is 35.5. The van der Waals surface area contributed by atoms with Gasteiger partial charge in [0.1, 0.15) is 5.72 Å². The molecule has 10 heteroatoms. The number of hydrogen-bond acceptors (Lipinski definition) is 5. The molecule has 2 heterocycles. The molecule has 0 aromatic heterocycles. The highest BCUT2D eigenvalue weighted by Crippen LogP contribution is 2.38. The molecule has 7 nitrogen and oxygen atoms in total. The molecule has 2 aromatic rings. The number of piperidine rings is 1. The summed E-state index contributed by atoms with van der Waals surface area (Å²) in [6, 6.07) is 11.9. The highest BCUT2D eigenvalue weighted by Gasteiger charge is 2.50. The molecule has 0 bridgehead atoms. The minimum absolute atomic E-state index is 0.0173. The zero-order valence-electron chi connectivity index (χ0n) is 16.7. The van der Waals surface area contributed by atoms with E-state index in [1.807, 2.05) is 0 Å². The molecule has 2 fully saturated rings. The van der Waals surface area contributed by atoms with Crippen LogP contribution in [0.25, 0.3) is 0 Å². The summed E-state index contributed by atoms with van der Waals surface area (Å²) >= 11 is 5.88. The number of halogens is 2. The molecule has 0 aliphatic carbocycles. The topological polar surface area (TPSA) is 76.2 Å². The molecular weight excluding hydrogens is 447 g/mol. The normalized spacial score (nSPS) is 19.0. The monoisotopic (exact) mass is 468 g/mol. The van der Waals surface area contributed by atoms with Gasteiger partial charge >= 0.3 is 0 Å². The van der Waals surface area contributed by atoms with Crippen molar-refractivity contribution in [1.29, 1.82) is 0 Å². The van der Waals surface area contributed by atoms with Crippen molar-refractivity contribution in [2.75, 3.05) is 32.8 Å². The van der Waals surface area contributed by atoms with Crippen LogP contribution in [0.5, 0.6) is 5.75 Å². The van der Waals surface area contributed by atoms with E-state index >= 15 is 0 Å². The molecule has 0 unspecified atom stereocenters.